The number of nitrogens with one attached hydrogen (secondary N) is 1. The number of hydrogen-bond donors (Lipinski definition) is 1. The Labute approximate surface area is 112 Å². The van der Waals surface area contributed by atoms with Crippen LogP contribution in [0.3, 0.4) is 0 Å². The highest BCUT2D eigenvalue weighted by Gasteiger charge is 2.11. The van der Waals surface area contributed by atoms with Gasteiger partial charge in [0.05, 0.1) is 12.8 Å². The molecule has 96 valence electrons. The molecule has 0 spiro atoms. The Hall–Kier alpha value is -2.46. The minimum atomic E-state index is -0.639. The molecule has 1 heterocycles. The molecule has 0 bridgehead atoms. The summed E-state index contributed by atoms with van der Waals surface area (Å²) in [6.45, 7) is 0. The zero-order valence-electron chi connectivity index (χ0n) is 9.69. The van der Waals surface area contributed by atoms with Gasteiger partial charge in [0.1, 0.15) is 17.4 Å². The minimum Gasteiger partial charge on any atom is -0.467 e. The first kappa shape index (κ1) is 13.0. The number of halogens is 2. The van der Waals surface area contributed by atoms with Crippen molar-refractivity contribution in [1.82, 2.24) is 15.0 Å². The highest BCUT2D eigenvalue weighted by molar-refractivity contribution is 6.28. The van der Waals surface area contributed by atoms with Crippen LogP contribution in [0.25, 0.3) is 0 Å². The van der Waals surface area contributed by atoms with E-state index in [1.807, 2.05) is 0 Å². The number of rotatable bonds is 3. The summed E-state index contributed by atoms with van der Waals surface area (Å²) in [5, 5.41) is 11.5. The molecule has 0 saturated heterocycles. The second-order valence-electron chi connectivity index (χ2n) is 3.31. The molecule has 2 rings (SSSR count). The molecule has 19 heavy (non-hydrogen) atoms. The zero-order valence-corrected chi connectivity index (χ0v) is 10.4. The second-order valence-corrected chi connectivity index (χ2v) is 3.65. The van der Waals surface area contributed by atoms with Crippen LogP contribution in [0, 0.1) is 17.1 Å². The molecule has 1 N–H and O–H groups in total. The molecular formula is C11H7ClFN5O. The molecule has 1 aromatic carbocycles. The zero-order chi connectivity index (χ0) is 13.8. The molecule has 0 atom stereocenters. The van der Waals surface area contributed by atoms with Crippen LogP contribution < -0.4 is 10.1 Å². The summed E-state index contributed by atoms with van der Waals surface area (Å²) >= 11 is 5.68. The minimum absolute atomic E-state index is 0.0115. The highest BCUT2D eigenvalue weighted by Crippen LogP contribution is 2.22. The Bertz CT molecular complexity index is 658. The van der Waals surface area contributed by atoms with Gasteiger partial charge < -0.3 is 10.1 Å². The summed E-state index contributed by atoms with van der Waals surface area (Å²) in [7, 11) is 1.37. The van der Waals surface area contributed by atoms with Crippen LogP contribution in [0.5, 0.6) is 6.01 Å². The molecular weight excluding hydrogens is 273 g/mol. The predicted octanol–water partition coefficient (Wildman–Crippen LogP) is 2.29. The molecule has 0 unspecified atom stereocenters. The molecule has 0 aliphatic carbocycles. The van der Waals surface area contributed by atoms with Crippen LogP contribution in [-0.4, -0.2) is 22.1 Å². The lowest BCUT2D eigenvalue weighted by Crippen LogP contribution is -2.03. The van der Waals surface area contributed by atoms with Gasteiger partial charge in [-0.25, -0.2) is 4.39 Å². The van der Waals surface area contributed by atoms with Crippen molar-refractivity contribution < 1.29 is 9.13 Å². The van der Waals surface area contributed by atoms with Gasteiger partial charge in [-0.15, -0.1) is 0 Å². The number of aromatic nitrogens is 3. The number of methoxy groups -OCH3 is 1. The average Bonchev–Trinajstić information content (AvgIpc) is 2.38. The van der Waals surface area contributed by atoms with Gasteiger partial charge in [0.15, 0.2) is 0 Å². The van der Waals surface area contributed by atoms with Gasteiger partial charge in [0.25, 0.3) is 0 Å². The molecule has 6 nitrogen and oxygen atoms in total. The standard InChI is InChI=1S/C11H7ClFN5O/c1-19-11-17-9(12)16-10(18-11)15-8-4-2-3-7(13)6(8)5-14/h2-4H,1H3,(H,15,16,17,18). The van der Waals surface area contributed by atoms with Crippen LogP contribution in [0.1, 0.15) is 5.56 Å². The molecule has 0 saturated carbocycles. The fourth-order valence-corrected chi connectivity index (χ4v) is 1.49. The van der Waals surface area contributed by atoms with E-state index in [1.165, 1.54) is 25.3 Å². The summed E-state index contributed by atoms with van der Waals surface area (Å²) in [6, 6.07) is 5.93. The molecule has 0 amide bonds. The number of nitrogens with zero attached hydrogens (tertiary/aromatic N) is 4. The fraction of sp³-hybridized carbons (Fsp3) is 0.0909. The van der Waals surface area contributed by atoms with E-state index < -0.39 is 5.82 Å². The maximum absolute atomic E-state index is 13.4. The first-order valence-corrected chi connectivity index (χ1v) is 5.43. The molecule has 0 aliphatic rings. The van der Waals surface area contributed by atoms with Crippen LogP contribution in [0.4, 0.5) is 16.0 Å². The van der Waals surface area contributed by atoms with Crippen molar-refractivity contribution in [2.45, 2.75) is 0 Å². The van der Waals surface area contributed by atoms with E-state index in [1.54, 1.807) is 6.07 Å². The van der Waals surface area contributed by atoms with E-state index >= 15 is 0 Å². The summed E-state index contributed by atoms with van der Waals surface area (Å²) in [5.41, 5.74) is 0.0878. The van der Waals surface area contributed by atoms with E-state index in [4.69, 9.17) is 21.6 Å². The van der Waals surface area contributed by atoms with Gasteiger partial charge in [-0.05, 0) is 23.7 Å². The van der Waals surface area contributed by atoms with Gasteiger partial charge in [-0.2, -0.15) is 20.2 Å². The topological polar surface area (TPSA) is 83.7 Å². The van der Waals surface area contributed by atoms with Crippen molar-refractivity contribution in [3.8, 4) is 12.1 Å². The van der Waals surface area contributed by atoms with E-state index in [2.05, 4.69) is 20.3 Å². The lowest BCUT2D eigenvalue weighted by atomic mass is 10.2. The summed E-state index contributed by atoms with van der Waals surface area (Å²) in [4.78, 5) is 11.4. The van der Waals surface area contributed by atoms with Crippen LogP contribution in [0.2, 0.25) is 5.28 Å². The Kier molecular flexibility index (Phi) is 3.73. The lowest BCUT2D eigenvalue weighted by molar-refractivity contribution is 0.379. The number of nitriles is 1. The van der Waals surface area contributed by atoms with Gasteiger partial charge in [0, 0.05) is 0 Å². The van der Waals surface area contributed by atoms with E-state index in [-0.39, 0.29) is 28.5 Å². The third-order valence-electron chi connectivity index (χ3n) is 2.14. The lowest BCUT2D eigenvalue weighted by Gasteiger charge is -2.07. The maximum Gasteiger partial charge on any atom is 0.322 e. The third kappa shape index (κ3) is 2.86. The normalized spacial score (nSPS) is 9.79. The Morgan fingerprint density at radius 3 is 2.84 bits per heavy atom. The Balaban J connectivity index is 2.39. The number of hydrogen-bond acceptors (Lipinski definition) is 6. The van der Waals surface area contributed by atoms with Gasteiger partial charge in [-0.3, -0.25) is 0 Å². The van der Waals surface area contributed by atoms with Crippen molar-refractivity contribution in [3.05, 3.63) is 34.9 Å². The molecule has 0 aliphatic heterocycles. The highest BCUT2D eigenvalue weighted by atomic mass is 35.5. The monoisotopic (exact) mass is 279 g/mol. The van der Waals surface area contributed by atoms with Crippen molar-refractivity contribution in [3.63, 3.8) is 0 Å². The van der Waals surface area contributed by atoms with Gasteiger partial charge >= 0.3 is 6.01 Å². The maximum atomic E-state index is 13.4. The van der Waals surface area contributed by atoms with E-state index in [0.717, 1.165) is 0 Å². The average molecular weight is 280 g/mol. The number of benzene rings is 1. The second kappa shape index (κ2) is 5.46. The summed E-state index contributed by atoms with van der Waals surface area (Å²) in [5.74, 6) is -0.585. The number of anilines is 2. The fourth-order valence-electron chi connectivity index (χ4n) is 1.34. The van der Waals surface area contributed by atoms with E-state index in [0.29, 0.717) is 0 Å². The van der Waals surface area contributed by atoms with Crippen LogP contribution in [0.15, 0.2) is 18.2 Å². The Morgan fingerprint density at radius 2 is 2.16 bits per heavy atom. The van der Waals surface area contributed by atoms with Crippen molar-refractivity contribution in [1.29, 1.82) is 5.26 Å². The Morgan fingerprint density at radius 1 is 1.37 bits per heavy atom. The van der Waals surface area contributed by atoms with E-state index in [9.17, 15) is 4.39 Å². The molecule has 0 fully saturated rings. The molecule has 1 aromatic heterocycles. The van der Waals surface area contributed by atoms with Crippen LogP contribution >= 0.6 is 11.6 Å². The molecule has 8 heteroatoms. The van der Waals surface area contributed by atoms with Gasteiger partial charge in [-0.1, -0.05) is 6.07 Å². The predicted molar refractivity (Wildman–Crippen MR) is 65.8 cm³/mol. The van der Waals surface area contributed by atoms with Crippen LogP contribution in [-0.2, 0) is 0 Å². The third-order valence-corrected chi connectivity index (χ3v) is 2.31. The van der Waals surface area contributed by atoms with Gasteiger partial charge in [0.2, 0.25) is 11.2 Å². The quantitative estimate of drug-likeness (QED) is 0.928. The van der Waals surface area contributed by atoms with Crippen molar-refractivity contribution in [2.75, 3.05) is 12.4 Å². The first-order valence-electron chi connectivity index (χ1n) is 5.05. The summed E-state index contributed by atoms with van der Waals surface area (Å²) in [6.07, 6.45) is 0. The van der Waals surface area contributed by atoms with Crippen molar-refractivity contribution in [2.24, 2.45) is 0 Å². The first-order chi connectivity index (χ1) is 9.13. The summed E-state index contributed by atoms with van der Waals surface area (Å²) < 4.78 is 18.2. The largest absolute Gasteiger partial charge is 0.467 e. The molecule has 0 radical (unpaired) electrons. The molecule has 2 aromatic rings. The van der Waals surface area contributed by atoms with Crippen molar-refractivity contribution >= 4 is 23.2 Å². The number of ether oxygens (including phenoxy) is 1. The smallest absolute Gasteiger partial charge is 0.322 e. The SMILES string of the molecule is COc1nc(Cl)nc(Nc2cccc(F)c2C#N)n1.